The molecule has 0 fully saturated rings. The normalized spacial score (nSPS) is 11.1. The van der Waals surface area contributed by atoms with Crippen LogP contribution in [0.15, 0.2) is 12.1 Å². The van der Waals surface area contributed by atoms with Gasteiger partial charge in [0, 0.05) is 12.4 Å². The van der Waals surface area contributed by atoms with E-state index in [9.17, 15) is 0 Å². The molecule has 2 nitrogen and oxygen atoms in total. The van der Waals surface area contributed by atoms with E-state index in [0.717, 1.165) is 27.2 Å². The number of aromatic nitrogens is 2. The van der Waals surface area contributed by atoms with E-state index in [2.05, 4.69) is 11.2 Å². The summed E-state index contributed by atoms with van der Waals surface area (Å²) in [5, 5.41) is 6.27. The van der Waals surface area contributed by atoms with Crippen LogP contribution < -0.4 is 0 Å². The predicted octanol–water partition coefficient (Wildman–Crippen LogP) is 2.84. The van der Waals surface area contributed by atoms with E-state index in [0.29, 0.717) is 0 Å². The molecular formula is C10H11ClN2. The lowest BCUT2D eigenvalue weighted by molar-refractivity contribution is 0.783. The van der Waals surface area contributed by atoms with Gasteiger partial charge < -0.3 is 0 Å². The Kier molecular flexibility index (Phi) is 1.81. The van der Waals surface area contributed by atoms with Crippen LogP contribution in [0.25, 0.3) is 10.9 Å². The first-order valence-corrected chi connectivity index (χ1v) is 4.57. The Bertz CT molecular complexity index is 471. The third kappa shape index (κ3) is 1.13. The molecule has 0 aliphatic rings. The smallest absolute Gasteiger partial charge is 0.0870 e. The number of benzene rings is 1. The van der Waals surface area contributed by atoms with Crippen LogP contribution in [-0.2, 0) is 7.05 Å². The highest BCUT2D eigenvalue weighted by Gasteiger charge is 2.09. The summed E-state index contributed by atoms with van der Waals surface area (Å²) in [5.74, 6) is 0. The van der Waals surface area contributed by atoms with E-state index in [1.54, 1.807) is 0 Å². The van der Waals surface area contributed by atoms with Crippen molar-refractivity contribution in [1.29, 1.82) is 0 Å². The average Bonchev–Trinajstić information content (AvgIpc) is 2.35. The maximum atomic E-state index is 6.18. The lowest BCUT2D eigenvalue weighted by Gasteiger charge is -2.00. The maximum absolute atomic E-state index is 6.18. The highest BCUT2D eigenvalue weighted by atomic mass is 35.5. The first kappa shape index (κ1) is 8.57. The van der Waals surface area contributed by atoms with Gasteiger partial charge in [0.25, 0.3) is 0 Å². The molecule has 0 radical (unpaired) electrons. The quantitative estimate of drug-likeness (QED) is 0.631. The van der Waals surface area contributed by atoms with E-state index in [1.165, 1.54) is 0 Å². The minimum absolute atomic E-state index is 0.806. The fraction of sp³-hybridized carbons (Fsp3) is 0.300. The molecule has 0 aliphatic heterocycles. The Morgan fingerprint density at radius 1 is 1.31 bits per heavy atom. The Morgan fingerprint density at radius 3 is 2.69 bits per heavy atom. The van der Waals surface area contributed by atoms with Crippen LogP contribution in [0.1, 0.15) is 11.3 Å². The fourth-order valence-corrected chi connectivity index (χ4v) is 1.89. The van der Waals surface area contributed by atoms with Crippen LogP contribution in [0.3, 0.4) is 0 Å². The van der Waals surface area contributed by atoms with Crippen molar-refractivity contribution in [2.45, 2.75) is 13.8 Å². The van der Waals surface area contributed by atoms with Crippen molar-refractivity contribution in [3.8, 4) is 0 Å². The van der Waals surface area contributed by atoms with Crippen molar-refractivity contribution in [2.75, 3.05) is 0 Å². The van der Waals surface area contributed by atoms with Crippen LogP contribution in [0.2, 0.25) is 5.02 Å². The van der Waals surface area contributed by atoms with E-state index in [4.69, 9.17) is 11.6 Å². The molecule has 1 heterocycles. The van der Waals surface area contributed by atoms with Gasteiger partial charge in [-0.2, -0.15) is 5.10 Å². The second-order valence-corrected chi connectivity index (χ2v) is 3.68. The molecular weight excluding hydrogens is 184 g/mol. The van der Waals surface area contributed by atoms with Crippen LogP contribution in [0.4, 0.5) is 0 Å². The standard InChI is InChI=1S/C10H11ClN2/c1-6-4-5-8-7(2)12-13(3)10(8)9(6)11/h4-5H,1-3H3. The molecule has 0 atom stereocenters. The molecule has 0 amide bonds. The minimum atomic E-state index is 0.806. The predicted molar refractivity (Wildman–Crippen MR) is 55.2 cm³/mol. The summed E-state index contributed by atoms with van der Waals surface area (Å²) in [6.45, 7) is 4.00. The number of halogens is 1. The molecule has 1 aromatic heterocycles. The molecule has 0 spiro atoms. The number of fused-ring (bicyclic) bond motifs is 1. The SMILES string of the molecule is Cc1ccc2c(C)nn(C)c2c1Cl. The van der Waals surface area contributed by atoms with Crippen LogP contribution in [-0.4, -0.2) is 9.78 Å². The van der Waals surface area contributed by atoms with Gasteiger partial charge in [-0.25, -0.2) is 0 Å². The third-order valence-electron chi connectivity index (χ3n) is 2.32. The van der Waals surface area contributed by atoms with Gasteiger partial charge in [-0.1, -0.05) is 23.7 Å². The zero-order chi connectivity index (χ0) is 9.59. The molecule has 1 aromatic carbocycles. The zero-order valence-corrected chi connectivity index (χ0v) is 8.68. The van der Waals surface area contributed by atoms with Gasteiger partial charge in [-0.3, -0.25) is 4.68 Å². The number of nitrogens with zero attached hydrogens (tertiary/aromatic N) is 2. The fourth-order valence-electron chi connectivity index (χ4n) is 1.60. The van der Waals surface area contributed by atoms with Crippen molar-refractivity contribution < 1.29 is 0 Å². The Morgan fingerprint density at radius 2 is 2.00 bits per heavy atom. The van der Waals surface area contributed by atoms with E-state index in [1.807, 2.05) is 31.6 Å². The van der Waals surface area contributed by atoms with Crippen molar-refractivity contribution in [1.82, 2.24) is 9.78 Å². The van der Waals surface area contributed by atoms with Gasteiger partial charge in [-0.15, -0.1) is 0 Å². The molecule has 3 heteroatoms. The highest BCUT2D eigenvalue weighted by molar-refractivity contribution is 6.35. The van der Waals surface area contributed by atoms with Gasteiger partial charge in [0.1, 0.15) is 0 Å². The number of hydrogen-bond donors (Lipinski definition) is 0. The largest absolute Gasteiger partial charge is 0.266 e. The summed E-state index contributed by atoms with van der Waals surface area (Å²) in [6, 6.07) is 4.10. The molecule has 0 saturated heterocycles. The van der Waals surface area contributed by atoms with Crippen LogP contribution in [0.5, 0.6) is 0 Å². The molecule has 2 aromatic rings. The third-order valence-corrected chi connectivity index (χ3v) is 2.80. The summed E-state index contributed by atoms with van der Waals surface area (Å²) >= 11 is 6.18. The van der Waals surface area contributed by atoms with Gasteiger partial charge in [-0.05, 0) is 19.4 Å². The summed E-state index contributed by atoms with van der Waals surface area (Å²) in [6.07, 6.45) is 0. The van der Waals surface area contributed by atoms with E-state index < -0.39 is 0 Å². The number of aryl methyl sites for hydroxylation is 3. The minimum Gasteiger partial charge on any atom is -0.266 e. The summed E-state index contributed by atoms with van der Waals surface area (Å²) in [5.41, 5.74) is 3.15. The second-order valence-electron chi connectivity index (χ2n) is 3.30. The van der Waals surface area contributed by atoms with Gasteiger partial charge in [0.2, 0.25) is 0 Å². The lowest BCUT2D eigenvalue weighted by Crippen LogP contribution is -1.90. The van der Waals surface area contributed by atoms with Crippen molar-refractivity contribution in [3.63, 3.8) is 0 Å². The molecule has 0 N–H and O–H groups in total. The average molecular weight is 195 g/mol. The molecule has 68 valence electrons. The van der Waals surface area contributed by atoms with Gasteiger partial charge in [0.15, 0.2) is 0 Å². The van der Waals surface area contributed by atoms with Gasteiger partial charge in [0.05, 0.1) is 16.2 Å². The Hall–Kier alpha value is -1.02. The molecule has 0 saturated carbocycles. The second kappa shape index (κ2) is 2.74. The van der Waals surface area contributed by atoms with E-state index in [-0.39, 0.29) is 0 Å². The van der Waals surface area contributed by atoms with Crippen molar-refractivity contribution in [3.05, 3.63) is 28.4 Å². The highest BCUT2D eigenvalue weighted by Crippen LogP contribution is 2.27. The lowest BCUT2D eigenvalue weighted by atomic mass is 10.1. The number of hydrogen-bond acceptors (Lipinski definition) is 1. The summed E-state index contributed by atoms with van der Waals surface area (Å²) in [7, 11) is 1.92. The Balaban J connectivity index is 2.98. The first-order chi connectivity index (χ1) is 6.11. The Labute approximate surface area is 82.1 Å². The molecule has 13 heavy (non-hydrogen) atoms. The zero-order valence-electron chi connectivity index (χ0n) is 7.93. The van der Waals surface area contributed by atoms with Crippen molar-refractivity contribution >= 4 is 22.5 Å². The first-order valence-electron chi connectivity index (χ1n) is 4.19. The van der Waals surface area contributed by atoms with Gasteiger partial charge >= 0.3 is 0 Å². The monoisotopic (exact) mass is 194 g/mol. The molecule has 0 aliphatic carbocycles. The molecule has 2 rings (SSSR count). The maximum Gasteiger partial charge on any atom is 0.0870 e. The molecule has 0 unspecified atom stereocenters. The topological polar surface area (TPSA) is 17.8 Å². The van der Waals surface area contributed by atoms with E-state index >= 15 is 0 Å². The summed E-state index contributed by atoms with van der Waals surface area (Å²) < 4.78 is 1.83. The van der Waals surface area contributed by atoms with Crippen LogP contribution in [0, 0.1) is 13.8 Å². The number of rotatable bonds is 0. The molecule has 0 bridgehead atoms. The van der Waals surface area contributed by atoms with Crippen LogP contribution >= 0.6 is 11.6 Å². The van der Waals surface area contributed by atoms with Crippen molar-refractivity contribution in [2.24, 2.45) is 7.05 Å². The summed E-state index contributed by atoms with van der Waals surface area (Å²) in [4.78, 5) is 0.